The third-order valence-corrected chi connectivity index (χ3v) is 2.94. The van der Waals surface area contributed by atoms with Gasteiger partial charge in [-0.2, -0.15) is 0 Å². The highest BCUT2D eigenvalue weighted by atomic mass is 16.4. The first-order valence-corrected chi connectivity index (χ1v) is 6.20. The fourth-order valence-corrected chi connectivity index (χ4v) is 1.56. The number of carboxylic acids is 1. The summed E-state index contributed by atoms with van der Waals surface area (Å²) in [5, 5.41) is 14.1. The first kappa shape index (κ1) is 14.9. The van der Waals surface area contributed by atoms with E-state index in [0.717, 1.165) is 5.56 Å². The van der Waals surface area contributed by atoms with Crippen LogP contribution in [0.2, 0.25) is 0 Å². The monoisotopic (exact) mass is 265 g/mol. The van der Waals surface area contributed by atoms with Crippen LogP contribution in [0.4, 0.5) is 4.79 Å². The molecular weight excluding hydrogens is 246 g/mol. The lowest BCUT2D eigenvalue weighted by Gasteiger charge is -2.20. The summed E-state index contributed by atoms with van der Waals surface area (Å²) in [5.74, 6) is -1.15. The molecule has 0 radical (unpaired) electrons. The van der Waals surface area contributed by atoms with Crippen molar-refractivity contribution >= 4 is 12.0 Å². The van der Waals surface area contributed by atoms with E-state index in [1.165, 1.54) is 0 Å². The number of carboxylic acid groups (broad SMARTS) is 1. The van der Waals surface area contributed by atoms with E-state index >= 15 is 0 Å². The van der Waals surface area contributed by atoms with Gasteiger partial charge in [0.1, 0.15) is 6.04 Å². The van der Waals surface area contributed by atoms with Crippen LogP contribution in [-0.4, -0.2) is 28.1 Å². The maximum absolute atomic E-state index is 11.6. The number of nitrogens with zero attached hydrogens (tertiary/aromatic N) is 1. The predicted octanol–water partition coefficient (Wildman–Crippen LogP) is 1.38. The number of carbonyl (C=O) groups is 2. The zero-order valence-electron chi connectivity index (χ0n) is 11.1. The van der Waals surface area contributed by atoms with Crippen molar-refractivity contribution in [2.45, 2.75) is 32.9 Å². The van der Waals surface area contributed by atoms with Gasteiger partial charge in [-0.05, 0) is 17.5 Å². The molecule has 0 spiro atoms. The van der Waals surface area contributed by atoms with Crippen LogP contribution in [0.5, 0.6) is 0 Å². The quantitative estimate of drug-likeness (QED) is 0.724. The number of rotatable bonds is 6. The van der Waals surface area contributed by atoms with Crippen LogP contribution in [0, 0.1) is 5.92 Å². The molecule has 0 aromatic carbocycles. The summed E-state index contributed by atoms with van der Waals surface area (Å²) < 4.78 is 0. The minimum atomic E-state index is -1.02. The van der Waals surface area contributed by atoms with E-state index in [0.29, 0.717) is 13.0 Å². The van der Waals surface area contributed by atoms with E-state index in [1.54, 1.807) is 25.4 Å². The largest absolute Gasteiger partial charge is 0.480 e. The Morgan fingerprint density at radius 2 is 2.21 bits per heavy atom. The molecule has 0 aliphatic rings. The summed E-state index contributed by atoms with van der Waals surface area (Å²) in [6, 6.07) is 2.24. The maximum atomic E-state index is 11.6. The molecule has 0 saturated carbocycles. The average molecular weight is 265 g/mol. The average Bonchev–Trinajstić information content (AvgIpc) is 2.42. The Hall–Kier alpha value is -2.11. The van der Waals surface area contributed by atoms with Gasteiger partial charge >= 0.3 is 12.0 Å². The highest BCUT2D eigenvalue weighted by Crippen LogP contribution is 2.07. The van der Waals surface area contributed by atoms with Crippen molar-refractivity contribution in [2.24, 2.45) is 5.92 Å². The van der Waals surface area contributed by atoms with Gasteiger partial charge in [-0.15, -0.1) is 0 Å². The molecule has 0 aliphatic heterocycles. The Morgan fingerprint density at radius 1 is 1.47 bits per heavy atom. The Kier molecular flexibility index (Phi) is 5.78. The lowest BCUT2D eigenvalue weighted by Crippen LogP contribution is -2.48. The SMILES string of the molecule is CC[C@@H](C)[C@H](NC(=O)NCc1cccnc1)C(=O)O. The highest BCUT2D eigenvalue weighted by molar-refractivity contribution is 5.82. The number of hydrogen-bond acceptors (Lipinski definition) is 3. The van der Waals surface area contributed by atoms with Gasteiger partial charge in [-0.3, -0.25) is 4.98 Å². The fourth-order valence-electron chi connectivity index (χ4n) is 1.56. The molecule has 0 unspecified atom stereocenters. The van der Waals surface area contributed by atoms with Gasteiger partial charge in [0.15, 0.2) is 0 Å². The Labute approximate surface area is 112 Å². The lowest BCUT2D eigenvalue weighted by molar-refractivity contribution is -0.140. The van der Waals surface area contributed by atoms with Crippen LogP contribution < -0.4 is 10.6 Å². The van der Waals surface area contributed by atoms with E-state index < -0.39 is 18.0 Å². The smallest absolute Gasteiger partial charge is 0.326 e. The van der Waals surface area contributed by atoms with Crippen molar-refractivity contribution in [3.63, 3.8) is 0 Å². The van der Waals surface area contributed by atoms with E-state index in [4.69, 9.17) is 5.11 Å². The molecular formula is C13H19N3O3. The zero-order valence-corrected chi connectivity index (χ0v) is 11.1. The summed E-state index contributed by atoms with van der Waals surface area (Å²) in [4.78, 5) is 26.6. The second kappa shape index (κ2) is 7.35. The van der Waals surface area contributed by atoms with Crippen molar-refractivity contribution < 1.29 is 14.7 Å². The second-order valence-corrected chi connectivity index (χ2v) is 4.39. The van der Waals surface area contributed by atoms with Gasteiger partial charge in [0.05, 0.1) is 0 Å². The van der Waals surface area contributed by atoms with Crippen molar-refractivity contribution in [3.05, 3.63) is 30.1 Å². The summed E-state index contributed by atoms with van der Waals surface area (Å²) >= 11 is 0. The van der Waals surface area contributed by atoms with Gasteiger partial charge in [0.2, 0.25) is 0 Å². The molecule has 1 aromatic heterocycles. The molecule has 0 aliphatic carbocycles. The molecule has 2 amide bonds. The van der Waals surface area contributed by atoms with Gasteiger partial charge < -0.3 is 15.7 Å². The number of carbonyl (C=O) groups excluding carboxylic acids is 1. The number of hydrogen-bond donors (Lipinski definition) is 3. The number of amides is 2. The van der Waals surface area contributed by atoms with Crippen LogP contribution in [-0.2, 0) is 11.3 Å². The van der Waals surface area contributed by atoms with Gasteiger partial charge in [0.25, 0.3) is 0 Å². The van der Waals surface area contributed by atoms with E-state index in [1.807, 2.05) is 13.0 Å². The standard InChI is InChI=1S/C13H19N3O3/c1-3-9(2)11(12(17)18)16-13(19)15-8-10-5-4-6-14-7-10/h4-7,9,11H,3,8H2,1-2H3,(H,17,18)(H2,15,16,19)/t9-,11+/m1/s1. The van der Waals surface area contributed by atoms with Crippen LogP contribution in [0.25, 0.3) is 0 Å². The molecule has 104 valence electrons. The number of pyridine rings is 1. The molecule has 1 heterocycles. The highest BCUT2D eigenvalue weighted by Gasteiger charge is 2.24. The van der Waals surface area contributed by atoms with Crippen molar-refractivity contribution in [3.8, 4) is 0 Å². The molecule has 3 N–H and O–H groups in total. The number of nitrogens with one attached hydrogen (secondary N) is 2. The van der Waals surface area contributed by atoms with E-state index in [9.17, 15) is 9.59 Å². The summed E-state index contributed by atoms with van der Waals surface area (Å²) in [5.41, 5.74) is 0.855. The van der Waals surface area contributed by atoms with Gasteiger partial charge in [-0.1, -0.05) is 26.3 Å². The van der Waals surface area contributed by atoms with E-state index in [2.05, 4.69) is 15.6 Å². The minimum absolute atomic E-state index is 0.123. The van der Waals surface area contributed by atoms with Gasteiger partial charge in [0, 0.05) is 18.9 Å². The van der Waals surface area contributed by atoms with Crippen molar-refractivity contribution in [2.75, 3.05) is 0 Å². The number of urea groups is 1. The number of aromatic nitrogens is 1. The van der Waals surface area contributed by atoms with Crippen LogP contribution >= 0.6 is 0 Å². The summed E-state index contributed by atoms with van der Waals surface area (Å²) in [6.07, 6.45) is 3.97. The molecule has 2 atom stereocenters. The third kappa shape index (κ3) is 4.95. The van der Waals surface area contributed by atoms with Crippen LogP contribution in [0.3, 0.4) is 0 Å². The number of aliphatic carboxylic acids is 1. The molecule has 6 nitrogen and oxygen atoms in total. The molecule has 1 rings (SSSR count). The minimum Gasteiger partial charge on any atom is -0.480 e. The molecule has 0 saturated heterocycles. The molecule has 1 aromatic rings. The predicted molar refractivity (Wildman–Crippen MR) is 70.5 cm³/mol. The van der Waals surface area contributed by atoms with Crippen LogP contribution in [0.1, 0.15) is 25.8 Å². The first-order chi connectivity index (χ1) is 9.04. The summed E-state index contributed by atoms with van der Waals surface area (Å²) in [6.45, 7) is 3.99. The van der Waals surface area contributed by atoms with E-state index in [-0.39, 0.29) is 5.92 Å². The zero-order chi connectivity index (χ0) is 14.3. The molecule has 0 fully saturated rings. The Balaban J connectivity index is 2.47. The molecule has 6 heteroatoms. The summed E-state index contributed by atoms with van der Waals surface area (Å²) in [7, 11) is 0. The topological polar surface area (TPSA) is 91.3 Å². The van der Waals surface area contributed by atoms with Crippen molar-refractivity contribution in [1.82, 2.24) is 15.6 Å². The van der Waals surface area contributed by atoms with Crippen molar-refractivity contribution in [1.29, 1.82) is 0 Å². The second-order valence-electron chi connectivity index (χ2n) is 4.39. The fraction of sp³-hybridized carbons (Fsp3) is 0.462. The molecule has 0 bridgehead atoms. The Morgan fingerprint density at radius 3 is 2.74 bits per heavy atom. The van der Waals surface area contributed by atoms with Gasteiger partial charge in [-0.25, -0.2) is 9.59 Å². The Bertz CT molecular complexity index is 422. The first-order valence-electron chi connectivity index (χ1n) is 6.20. The van der Waals surface area contributed by atoms with Crippen LogP contribution in [0.15, 0.2) is 24.5 Å². The molecule has 19 heavy (non-hydrogen) atoms. The maximum Gasteiger partial charge on any atom is 0.326 e. The lowest BCUT2D eigenvalue weighted by atomic mass is 9.99. The normalized spacial score (nSPS) is 13.4. The third-order valence-electron chi connectivity index (χ3n) is 2.94.